The van der Waals surface area contributed by atoms with Crippen molar-refractivity contribution in [3.05, 3.63) is 40.6 Å². The van der Waals surface area contributed by atoms with Gasteiger partial charge in [-0.25, -0.2) is 4.79 Å². The molecule has 3 fully saturated rings. The number of amides is 2. The Morgan fingerprint density at radius 3 is 2.82 bits per heavy atom. The first-order valence-electron chi connectivity index (χ1n) is 12.6. The molecule has 0 spiro atoms. The van der Waals surface area contributed by atoms with Crippen LogP contribution in [0.15, 0.2) is 28.8 Å². The number of benzene rings is 1. The first-order chi connectivity index (χ1) is 17.7. The molecule has 9 nitrogen and oxygen atoms in total. The zero-order chi connectivity index (χ0) is 26.3. The summed E-state index contributed by atoms with van der Waals surface area (Å²) in [5.41, 5.74) is 1.11. The van der Waals surface area contributed by atoms with E-state index in [9.17, 15) is 14.4 Å². The molecule has 1 unspecified atom stereocenters. The molecular weight excluding hydrogens is 551 g/mol. The highest BCUT2D eigenvalue weighted by molar-refractivity contribution is 8.01. The first-order valence-corrected chi connectivity index (χ1v) is 13.8. The third-order valence-corrected chi connectivity index (χ3v) is 9.24. The standard InChI is InChI=1S/C26H31ClN4O5S.ClH/c1-14-18(19(30-36-14)16-8-4-5-9-17(16)27)22(32)29-20-23(33)31-21(26(2,3)37-24(20)31)25(34)35-12-10-15-7-6-11-28-13-15;/h4-5,8-9,15,20-21,24,28H,6-7,10-13H2,1-3H3,(H,29,32);1H/t15?,20-,21+,24-;/m1./s1. The molecule has 3 aliphatic heterocycles. The summed E-state index contributed by atoms with van der Waals surface area (Å²) in [5, 5.41) is 10.3. The predicted molar refractivity (Wildman–Crippen MR) is 147 cm³/mol. The van der Waals surface area contributed by atoms with Crippen LogP contribution in [0, 0.1) is 12.8 Å². The van der Waals surface area contributed by atoms with Gasteiger partial charge in [-0.05, 0) is 65.1 Å². The van der Waals surface area contributed by atoms with Gasteiger partial charge in [-0.1, -0.05) is 35.0 Å². The second kappa shape index (κ2) is 11.5. The van der Waals surface area contributed by atoms with E-state index in [1.54, 1.807) is 36.1 Å². The molecule has 3 aliphatic rings. The molecule has 4 atom stereocenters. The van der Waals surface area contributed by atoms with E-state index in [2.05, 4.69) is 15.8 Å². The fraction of sp³-hybridized carbons (Fsp3) is 0.538. The van der Waals surface area contributed by atoms with Gasteiger partial charge < -0.3 is 24.8 Å². The minimum atomic E-state index is -0.767. The lowest BCUT2D eigenvalue weighted by Crippen LogP contribution is -2.70. The molecule has 0 radical (unpaired) electrons. The number of carbonyl (C=O) groups is 3. The summed E-state index contributed by atoms with van der Waals surface area (Å²) in [4.78, 5) is 41.1. The summed E-state index contributed by atoms with van der Waals surface area (Å²) in [6.45, 7) is 7.82. The Kier molecular flexibility index (Phi) is 8.66. The number of aryl methyl sites for hydroxylation is 1. The Balaban J connectivity index is 0.00000336. The molecule has 2 aromatic rings. The van der Waals surface area contributed by atoms with Gasteiger partial charge >= 0.3 is 5.97 Å². The molecule has 5 rings (SSSR count). The normalized spacial score (nSPS) is 25.7. The minimum absolute atomic E-state index is 0. The second-order valence-electron chi connectivity index (χ2n) is 10.3. The van der Waals surface area contributed by atoms with Gasteiger partial charge in [-0.2, -0.15) is 0 Å². The molecule has 12 heteroatoms. The smallest absolute Gasteiger partial charge is 0.330 e. The van der Waals surface area contributed by atoms with Crippen molar-refractivity contribution in [3.8, 4) is 11.3 Å². The molecule has 4 heterocycles. The third-order valence-electron chi connectivity index (χ3n) is 7.34. The lowest BCUT2D eigenvalue weighted by Gasteiger charge is -2.43. The molecule has 0 aliphatic carbocycles. The maximum atomic E-state index is 13.3. The van der Waals surface area contributed by atoms with E-state index in [4.69, 9.17) is 20.9 Å². The van der Waals surface area contributed by atoms with Crippen molar-refractivity contribution in [1.82, 2.24) is 20.7 Å². The molecule has 206 valence electrons. The maximum absolute atomic E-state index is 13.3. The van der Waals surface area contributed by atoms with Gasteiger partial charge in [-0.15, -0.1) is 24.2 Å². The van der Waals surface area contributed by atoms with Crippen molar-refractivity contribution in [2.24, 2.45) is 5.92 Å². The number of carbonyl (C=O) groups excluding carboxylic acids is 3. The van der Waals surface area contributed by atoms with Crippen molar-refractivity contribution >= 4 is 53.6 Å². The summed E-state index contributed by atoms with van der Waals surface area (Å²) in [6.07, 6.45) is 3.07. The van der Waals surface area contributed by atoms with E-state index in [0.717, 1.165) is 32.4 Å². The van der Waals surface area contributed by atoms with Crippen molar-refractivity contribution in [2.45, 2.75) is 62.2 Å². The summed E-state index contributed by atoms with van der Waals surface area (Å²) < 4.78 is 10.4. The third kappa shape index (κ3) is 5.28. The highest BCUT2D eigenvalue weighted by Gasteiger charge is 2.64. The number of hydrogen-bond donors (Lipinski definition) is 2. The van der Waals surface area contributed by atoms with E-state index < -0.39 is 28.7 Å². The maximum Gasteiger partial charge on any atom is 0.330 e. The van der Waals surface area contributed by atoms with Gasteiger partial charge in [0.05, 0.1) is 11.6 Å². The number of hydrogen-bond acceptors (Lipinski definition) is 8. The number of esters is 1. The fourth-order valence-electron chi connectivity index (χ4n) is 5.39. The number of fused-ring (bicyclic) bond motifs is 1. The molecule has 38 heavy (non-hydrogen) atoms. The van der Waals surface area contributed by atoms with E-state index >= 15 is 0 Å². The van der Waals surface area contributed by atoms with Crippen LogP contribution in [-0.4, -0.2) is 69.7 Å². The van der Waals surface area contributed by atoms with E-state index in [0.29, 0.717) is 34.6 Å². The van der Waals surface area contributed by atoms with Crippen molar-refractivity contribution in [1.29, 1.82) is 0 Å². The zero-order valence-electron chi connectivity index (χ0n) is 21.5. The van der Waals surface area contributed by atoms with Gasteiger partial charge in [0.15, 0.2) is 0 Å². The monoisotopic (exact) mass is 582 g/mol. The average molecular weight is 584 g/mol. The van der Waals surface area contributed by atoms with Gasteiger partial charge in [0.2, 0.25) is 5.91 Å². The Bertz CT molecular complexity index is 1220. The summed E-state index contributed by atoms with van der Waals surface area (Å²) in [6, 6.07) is 5.57. The molecule has 3 saturated heterocycles. The van der Waals surface area contributed by atoms with E-state index in [-0.39, 0.29) is 29.3 Å². The minimum Gasteiger partial charge on any atom is -0.464 e. The van der Waals surface area contributed by atoms with E-state index in [1.165, 1.54) is 11.8 Å². The summed E-state index contributed by atoms with van der Waals surface area (Å²) in [5.74, 6) is -0.342. The molecule has 1 aromatic heterocycles. The Labute approximate surface area is 237 Å². The average Bonchev–Trinajstić information content (AvgIpc) is 3.38. The highest BCUT2D eigenvalue weighted by atomic mass is 35.5. The van der Waals surface area contributed by atoms with Crippen LogP contribution in [0.4, 0.5) is 0 Å². The van der Waals surface area contributed by atoms with Gasteiger partial charge in [0, 0.05) is 10.3 Å². The molecular formula is C26H32Cl2N4O5S. The highest BCUT2D eigenvalue weighted by Crippen LogP contribution is 2.51. The van der Waals surface area contributed by atoms with E-state index in [1.807, 2.05) is 13.8 Å². The Hall–Kier alpha value is -2.27. The topological polar surface area (TPSA) is 114 Å². The number of thioether (sulfide) groups is 1. The number of piperidine rings is 1. The van der Waals surface area contributed by atoms with Crippen LogP contribution in [0.1, 0.15) is 49.2 Å². The number of rotatable bonds is 7. The number of β-lactam (4-membered cyclic amide) rings is 1. The number of halogens is 2. The van der Waals surface area contributed by atoms with Crippen LogP contribution in [0.5, 0.6) is 0 Å². The molecule has 0 saturated carbocycles. The van der Waals surface area contributed by atoms with Crippen LogP contribution >= 0.6 is 35.8 Å². The molecule has 2 amide bonds. The van der Waals surface area contributed by atoms with Crippen molar-refractivity contribution in [3.63, 3.8) is 0 Å². The molecule has 1 aromatic carbocycles. The quantitative estimate of drug-likeness (QED) is 0.374. The predicted octanol–water partition coefficient (Wildman–Crippen LogP) is 3.82. The number of nitrogens with zero attached hydrogens (tertiary/aromatic N) is 2. The number of nitrogens with one attached hydrogen (secondary N) is 2. The lowest BCUT2D eigenvalue weighted by molar-refractivity contribution is -0.163. The number of aromatic nitrogens is 1. The van der Waals surface area contributed by atoms with Crippen molar-refractivity contribution < 1.29 is 23.6 Å². The van der Waals surface area contributed by atoms with Crippen LogP contribution < -0.4 is 10.6 Å². The number of ether oxygens (including phenoxy) is 1. The Morgan fingerprint density at radius 2 is 2.11 bits per heavy atom. The van der Waals surface area contributed by atoms with Crippen LogP contribution in [0.2, 0.25) is 5.02 Å². The largest absolute Gasteiger partial charge is 0.464 e. The fourth-order valence-corrected chi connectivity index (χ4v) is 7.24. The zero-order valence-corrected chi connectivity index (χ0v) is 23.9. The molecule has 0 bridgehead atoms. The SMILES string of the molecule is Cc1onc(-c2ccccc2Cl)c1C(=O)N[C@@H]1C(=O)N2[C@@H]1SC(C)(C)[C@@H]2C(=O)OCCC1CCCNC1.Cl. The lowest BCUT2D eigenvalue weighted by atomic mass is 9.95. The van der Waals surface area contributed by atoms with Crippen LogP contribution in [-0.2, 0) is 14.3 Å². The van der Waals surface area contributed by atoms with Gasteiger partial charge in [0.25, 0.3) is 5.91 Å². The first kappa shape index (κ1) is 28.7. The van der Waals surface area contributed by atoms with Gasteiger partial charge in [-0.3, -0.25) is 9.59 Å². The van der Waals surface area contributed by atoms with Crippen molar-refractivity contribution in [2.75, 3.05) is 19.7 Å². The Morgan fingerprint density at radius 1 is 1.34 bits per heavy atom. The summed E-state index contributed by atoms with van der Waals surface area (Å²) >= 11 is 7.81. The summed E-state index contributed by atoms with van der Waals surface area (Å²) in [7, 11) is 0. The van der Waals surface area contributed by atoms with Crippen LogP contribution in [0.3, 0.4) is 0 Å². The second-order valence-corrected chi connectivity index (χ2v) is 12.5. The van der Waals surface area contributed by atoms with Crippen LogP contribution in [0.25, 0.3) is 11.3 Å². The van der Waals surface area contributed by atoms with Gasteiger partial charge in [0.1, 0.15) is 34.5 Å². The molecule has 2 N–H and O–H groups in total.